The van der Waals surface area contributed by atoms with Crippen LogP contribution in [-0.2, 0) is 42.1 Å². The molecule has 12 heteroatoms. The van der Waals surface area contributed by atoms with Crippen LogP contribution in [-0.4, -0.2) is 49.1 Å². The number of para-hydroxylation sites is 4. The third-order valence-corrected chi connectivity index (χ3v) is 13.3. The van der Waals surface area contributed by atoms with E-state index < -0.39 is 0 Å². The molecule has 16 rings (SSSR count). The summed E-state index contributed by atoms with van der Waals surface area (Å²) in [6.45, 7) is 0. The van der Waals surface area contributed by atoms with Crippen molar-refractivity contribution in [3.8, 4) is 0 Å². The first-order valence-corrected chi connectivity index (χ1v) is 23.4. The molecule has 0 fully saturated rings. The van der Waals surface area contributed by atoms with Gasteiger partial charge in [0.2, 0.25) is 0 Å². The van der Waals surface area contributed by atoms with Gasteiger partial charge in [0, 0.05) is 45.0 Å². The Bertz CT molecular complexity index is 4390. The molecule has 0 spiro atoms. The van der Waals surface area contributed by atoms with Crippen LogP contribution in [0.5, 0.6) is 0 Å². The van der Waals surface area contributed by atoms with E-state index in [0.717, 1.165) is 33.1 Å². The number of pyridine rings is 2. The summed E-state index contributed by atoms with van der Waals surface area (Å²) in [5.41, 5.74) is 6.36. The van der Waals surface area contributed by atoms with Crippen molar-refractivity contribution in [1.82, 2.24) is 49.1 Å². The molecule has 0 atom stereocenters. The zero-order valence-corrected chi connectivity index (χ0v) is 43.5. The second-order valence-electron chi connectivity index (χ2n) is 17.1. The number of nitrogens with one attached hydrogen (secondary N) is 2. The number of aromatic amines is 2. The molecule has 0 aliphatic carbocycles. The van der Waals surface area contributed by atoms with E-state index in [4.69, 9.17) is 9.97 Å². The van der Waals surface area contributed by atoms with E-state index in [-0.39, 0.29) is 42.1 Å². The predicted octanol–water partition coefficient (Wildman–Crippen LogP) is 14.1. The fourth-order valence-electron chi connectivity index (χ4n) is 10.4. The Morgan fingerprint density at radius 3 is 0.932 bits per heavy atom. The number of fused-ring (bicyclic) bond motifs is 20. The van der Waals surface area contributed by atoms with Crippen LogP contribution in [0.15, 0.2) is 219 Å². The van der Waals surface area contributed by atoms with E-state index in [1.807, 2.05) is 36.7 Å². The molecule has 16 aromatic rings. The van der Waals surface area contributed by atoms with Gasteiger partial charge in [-0.2, -0.15) is 48.5 Å². The van der Waals surface area contributed by atoms with E-state index in [1.54, 1.807) is 0 Å². The van der Waals surface area contributed by atoms with E-state index in [1.165, 1.54) is 99.1 Å². The first-order chi connectivity index (χ1) is 35.8. The van der Waals surface area contributed by atoms with Crippen molar-refractivity contribution in [2.24, 2.45) is 0 Å². The summed E-state index contributed by atoms with van der Waals surface area (Å²) in [5, 5.41) is 30.9. The molecule has 356 valence electrons. The van der Waals surface area contributed by atoms with Crippen LogP contribution < -0.4 is 0 Å². The molecule has 0 saturated carbocycles. The Balaban J connectivity index is 0.000000131. The van der Waals surface area contributed by atoms with Crippen LogP contribution in [0.3, 0.4) is 0 Å². The number of H-pyrrole nitrogens is 2. The third kappa shape index (κ3) is 8.19. The van der Waals surface area contributed by atoms with Crippen LogP contribution in [0, 0.1) is 24.8 Å². The smallest absolute Gasteiger partial charge is 0.421 e. The molecule has 0 amide bonds. The summed E-state index contributed by atoms with van der Waals surface area (Å²) < 4.78 is 4.60. The second kappa shape index (κ2) is 20.8. The van der Waals surface area contributed by atoms with Crippen LogP contribution >= 0.6 is 0 Å². The van der Waals surface area contributed by atoms with Crippen LogP contribution in [0.25, 0.3) is 120 Å². The average molecular weight is 1310 g/mol. The molecule has 0 bridgehead atoms. The van der Waals surface area contributed by atoms with E-state index in [2.05, 4.69) is 234 Å². The normalized spacial score (nSPS) is 11.0. The zero-order chi connectivity index (χ0) is 47.8. The fraction of sp³-hybridized carbons (Fsp3) is 0. The van der Waals surface area contributed by atoms with E-state index >= 15 is 0 Å². The van der Waals surface area contributed by atoms with Crippen molar-refractivity contribution in [1.29, 1.82) is 0 Å². The number of hydrogen-bond donors (Lipinski definition) is 2. The Morgan fingerprint density at radius 2 is 0.608 bits per heavy atom. The van der Waals surface area contributed by atoms with Crippen molar-refractivity contribution in [3.05, 3.63) is 244 Å². The largest absolute Gasteiger partial charge is 2.00 e. The van der Waals surface area contributed by atoms with E-state index in [9.17, 15) is 0 Å². The molecule has 2 N–H and O–H groups in total. The molecule has 0 radical (unpaired) electrons. The van der Waals surface area contributed by atoms with Gasteiger partial charge >= 0.3 is 42.1 Å². The molecule has 0 saturated heterocycles. The number of rotatable bonds is 0. The second-order valence-corrected chi connectivity index (χ2v) is 17.1. The van der Waals surface area contributed by atoms with Gasteiger partial charge in [-0.25, -0.2) is 9.97 Å². The molecule has 0 aliphatic rings. The summed E-state index contributed by atoms with van der Waals surface area (Å²) in [5.74, 6) is 0. The molecular weight excluding hydrogens is 1270 g/mol. The summed E-state index contributed by atoms with van der Waals surface area (Å²) in [4.78, 5) is 16.7. The fourth-order valence-corrected chi connectivity index (χ4v) is 10.4. The predicted molar refractivity (Wildman–Crippen MR) is 291 cm³/mol. The van der Waals surface area contributed by atoms with Gasteiger partial charge in [0.25, 0.3) is 0 Å². The molecule has 10 nitrogen and oxygen atoms in total. The maximum Gasteiger partial charge on any atom is 2.00 e. The van der Waals surface area contributed by atoms with Gasteiger partial charge in [-0.3, -0.25) is 10.2 Å². The van der Waals surface area contributed by atoms with Gasteiger partial charge in [0.1, 0.15) is 11.3 Å². The van der Waals surface area contributed by atoms with Crippen LogP contribution in [0.2, 0.25) is 0 Å². The minimum Gasteiger partial charge on any atom is -0.421 e. The van der Waals surface area contributed by atoms with Crippen molar-refractivity contribution < 1.29 is 42.1 Å². The maximum atomic E-state index is 4.91. The number of aromatic nitrogens is 10. The van der Waals surface area contributed by atoms with Crippen LogP contribution in [0.1, 0.15) is 0 Å². The van der Waals surface area contributed by atoms with Crippen molar-refractivity contribution in [3.63, 3.8) is 0 Å². The quantitative estimate of drug-likeness (QED) is 0.146. The maximum absolute atomic E-state index is 4.91. The molecular formula is C62H38N10Pt2. The van der Waals surface area contributed by atoms with Crippen molar-refractivity contribution in [2.45, 2.75) is 0 Å². The Labute approximate surface area is 451 Å². The summed E-state index contributed by atoms with van der Waals surface area (Å²) >= 11 is 0. The molecule has 8 aromatic heterocycles. The molecule has 8 aromatic carbocycles. The summed E-state index contributed by atoms with van der Waals surface area (Å²) in [7, 11) is 0. The molecule has 8 heterocycles. The Kier molecular flexibility index (Phi) is 13.4. The first kappa shape index (κ1) is 47.6. The van der Waals surface area contributed by atoms with E-state index in [0.29, 0.717) is 0 Å². The van der Waals surface area contributed by atoms with Crippen molar-refractivity contribution in [2.75, 3.05) is 0 Å². The minimum absolute atomic E-state index is 0. The standard InChI is InChI=1S/2C29H17N2.2C2H2N3.2Pt/c2*1-3-11-21-19(9-1)20-10-2-4-12-22(20)26-16-8-18-30-29(26)31-27-17-6-5-13-23(27)25-15-7-14-24(21)28(25)31;2*1-3-2-5-4-1;;/h2*1-16,18H;2*1H,(H,3,4,5);;/q4*-1;2*+2. The van der Waals surface area contributed by atoms with Gasteiger partial charge in [0.15, 0.2) is 0 Å². The van der Waals surface area contributed by atoms with Crippen molar-refractivity contribution >= 4 is 120 Å². The number of hydrogen-bond acceptors (Lipinski definition) is 6. The van der Waals surface area contributed by atoms with Gasteiger partial charge in [-0.05, 0) is 90.8 Å². The Morgan fingerprint density at radius 1 is 0.311 bits per heavy atom. The average Bonchev–Trinajstić information content (AvgIpc) is 4.34. The van der Waals surface area contributed by atoms with Gasteiger partial charge < -0.3 is 29.0 Å². The monoisotopic (exact) mass is 1310 g/mol. The van der Waals surface area contributed by atoms with Crippen LogP contribution in [0.4, 0.5) is 0 Å². The molecule has 0 unspecified atom stereocenters. The SMILES string of the molecule is [Pt+2].[Pt+2].[c-]1cccc2c3cccc4c5ccccc5c5ccccc5c5cccnc5n(c12)c43.[c-]1cccc2c3cccc4c5ccccc5c5ccccc5c5cccnc5n(c12)c43.[c-]1ncn[nH]1.[c-]1ncn[nH]1. The zero-order valence-electron chi connectivity index (χ0n) is 39.0. The van der Waals surface area contributed by atoms with Gasteiger partial charge in [-0.1, -0.05) is 157 Å². The first-order valence-electron chi connectivity index (χ1n) is 23.4. The minimum atomic E-state index is 0. The summed E-state index contributed by atoms with van der Waals surface area (Å²) in [6, 6.07) is 75.8. The number of benzene rings is 8. The number of nitrogens with zero attached hydrogens (tertiary/aromatic N) is 8. The molecule has 0 aliphatic heterocycles. The summed E-state index contributed by atoms with van der Waals surface area (Å²) in [6.07, 6.45) is 11.3. The molecule has 74 heavy (non-hydrogen) atoms. The van der Waals surface area contributed by atoms with Gasteiger partial charge in [0.05, 0.1) is 0 Å². The van der Waals surface area contributed by atoms with Gasteiger partial charge in [-0.15, -0.1) is 10.8 Å². The third-order valence-electron chi connectivity index (χ3n) is 13.3. The Hall–Kier alpha value is -8.68. The topological polar surface area (TPSA) is 118 Å².